The normalized spacial score (nSPS) is 13.4. The van der Waals surface area contributed by atoms with Crippen molar-refractivity contribution in [3.05, 3.63) is 75.4 Å². The molecule has 1 aliphatic heterocycles. The van der Waals surface area contributed by atoms with Gasteiger partial charge in [0.05, 0.1) is 4.90 Å². The van der Waals surface area contributed by atoms with E-state index in [-0.39, 0.29) is 10.7 Å². The van der Waals surface area contributed by atoms with Crippen LogP contribution < -0.4 is 4.90 Å². The van der Waals surface area contributed by atoms with Crippen LogP contribution in [0.2, 0.25) is 0 Å². The molecule has 0 N–H and O–H groups in total. The summed E-state index contributed by atoms with van der Waals surface area (Å²) >= 11 is 2.08. The number of benzene rings is 2. The molecule has 0 amide bonds. The van der Waals surface area contributed by atoms with Crippen molar-refractivity contribution in [2.24, 2.45) is 0 Å². The molecule has 5 nitrogen and oxygen atoms in total. The molecule has 3 heterocycles. The number of fused-ring (bicyclic) bond motifs is 2. The highest BCUT2D eigenvalue weighted by atomic mass is 127. The van der Waals surface area contributed by atoms with Crippen LogP contribution in [0.5, 0.6) is 0 Å². The average molecular weight is 533 g/mol. The molecule has 0 spiro atoms. The number of hydrogen-bond donors (Lipinski definition) is 0. The Labute approximate surface area is 187 Å². The van der Waals surface area contributed by atoms with Gasteiger partial charge in [0.2, 0.25) is 0 Å². The van der Waals surface area contributed by atoms with Gasteiger partial charge >= 0.3 is 0 Å². The predicted molar refractivity (Wildman–Crippen MR) is 124 cm³/mol. The molecule has 2 aromatic carbocycles. The molecule has 0 saturated heterocycles. The molecule has 8 heteroatoms. The number of hydrogen-bond acceptors (Lipinski definition) is 4. The van der Waals surface area contributed by atoms with Gasteiger partial charge in [0.1, 0.15) is 9.52 Å². The van der Waals surface area contributed by atoms with Crippen LogP contribution >= 0.6 is 22.6 Å². The fourth-order valence-corrected chi connectivity index (χ4v) is 6.83. The molecule has 5 rings (SSSR count). The lowest BCUT2D eigenvalue weighted by Gasteiger charge is -2.20. The molecule has 0 saturated carbocycles. The first-order valence-corrected chi connectivity index (χ1v) is 11.8. The third-order valence-corrected chi connectivity index (χ3v) is 8.63. The van der Waals surface area contributed by atoms with Crippen LogP contribution in [-0.2, 0) is 16.6 Å². The number of rotatable bonds is 2. The maximum Gasteiger partial charge on any atom is 0.270 e. The smallest absolute Gasteiger partial charge is 0.270 e. The number of nitrogens with zero attached hydrogens (tertiary/aromatic N) is 3. The summed E-state index contributed by atoms with van der Waals surface area (Å²) in [6, 6.07) is 13.3. The van der Waals surface area contributed by atoms with Gasteiger partial charge in [-0.05, 0) is 71.5 Å². The minimum atomic E-state index is -3.85. The maximum atomic E-state index is 14.1. The Bertz CT molecular complexity index is 1430. The molecule has 152 valence electrons. The maximum absolute atomic E-state index is 14.1. The van der Waals surface area contributed by atoms with Gasteiger partial charge < -0.3 is 4.90 Å². The topological polar surface area (TPSA) is 55.2 Å². The van der Waals surface area contributed by atoms with Crippen molar-refractivity contribution in [2.45, 2.75) is 18.4 Å². The largest absolute Gasteiger partial charge is 0.370 e. The third-order valence-electron chi connectivity index (χ3n) is 5.47. The Kier molecular flexibility index (Phi) is 4.41. The Morgan fingerprint density at radius 2 is 1.80 bits per heavy atom. The quantitative estimate of drug-likeness (QED) is 0.343. The van der Waals surface area contributed by atoms with E-state index in [4.69, 9.17) is 0 Å². The van der Waals surface area contributed by atoms with Crippen LogP contribution in [0.25, 0.3) is 22.2 Å². The highest BCUT2D eigenvalue weighted by molar-refractivity contribution is 14.1. The van der Waals surface area contributed by atoms with Crippen LogP contribution in [-0.4, -0.2) is 24.4 Å². The molecule has 4 aromatic rings. The van der Waals surface area contributed by atoms with E-state index in [1.165, 1.54) is 16.1 Å². The fraction of sp³-hybridized carbons (Fsp3) is 0.136. The Balaban J connectivity index is 1.87. The summed E-state index contributed by atoms with van der Waals surface area (Å²) in [5.74, 6) is -0.336. The van der Waals surface area contributed by atoms with Crippen LogP contribution in [0, 0.1) is 16.4 Å². The molecular weight excluding hydrogens is 516 g/mol. The van der Waals surface area contributed by atoms with Gasteiger partial charge in [-0.15, -0.1) is 0 Å². The van der Waals surface area contributed by atoms with Crippen molar-refractivity contribution < 1.29 is 12.8 Å². The SMILES string of the molecule is Cc1ccc(S(=O)(=O)n2c(I)c3c4c(ccnc42)-c2cc(F)ccc2N(C)C3)cc1. The fourth-order valence-electron chi connectivity index (χ4n) is 4.00. The summed E-state index contributed by atoms with van der Waals surface area (Å²) < 4.78 is 43.1. The van der Waals surface area contributed by atoms with Crippen LogP contribution in [0.1, 0.15) is 11.1 Å². The van der Waals surface area contributed by atoms with Crippen molar-refractivity contribution in [3.63, 3.8) is 0 Å². The van der Waals surface area contributed by atoms with Crippen LogP contribution in [0.3, 0.4) is 0 Å². The lowest BCUT2D eigenvalue weighted by Crippen LogP contribution is -2.19. The molecule has 0 atom stereocenters. The van der Waals surface area contributed by atoms with Crippen molar-refractivity contribution in [1.82, 2.24) is 8.96 Å². The lowest BCUT2D eigenvalue weighted by atomic mass is 10.0. The van der Waals surface area contributed by atoms with Crippen molar-refractivity contribution in [1.29, 1.82) is 0 Å². The second-order valence-electron chi connectivity index (χ2n) is 7.43. The van der Waals surface area contributed by atoms with E-state index in [2.05, 4.69) is 27.6 Å². The van der Waals surface area contributed by atoms with Crippen molar-refractivity contribution >= 4 is 49.3 Å². The summed E-state index contributed by atoms with van der Waals surface area (Å²) in [6.45, 7) is 2.40. The van der Waals surface area contributed by atoms with E-state index in [0.717, 1.165) is 33.3 Å². The van der Waals surface area contributed by atoms with Gasteiger partial charge in [-0.1, -0.05) is 17.7 Å². The summed E-state index contributed by atoms with van der Waals surface area (Å²) in [5, 5.41) is 0.744. The summed E-state index contributed by atoms with van der Waals surface area (Å²) in [6.07, 6.45) is 1.58. The van der Waals surface area contributed by atoms with E-state index in [1.54, 1.807) is 36.5 Å². The van der Waals surface area contributed by atoms with Gasteiger partial charge in [0, 0.05) is 42.0 Å². The number of aryl methyl sites for hydroxylation is 1. The second kappa shape index (κ2) is 6.78. The Hall–Kier alpha value is -2.46. The number of anilines is 1. The molecule has 0 bridgehead atoms. The number of halogens is 2. The van der Waals surface area contributed by atoms with Gasteiger partial charge in [-0.3, -0.25) is 0 Å². The Morgan fingerprint density at radius 3 is 2.53 bits per heavy atom. The summed E-state index contributed by atoms with van der Waals surface area (Å²) in [5.41, 5.74) is 4.61. The van der Waals surface area contributed by atoms with E-state index in [9.17, 15) is 12.8 Å². The van der Waals surface area contributed by atoms with E-state index >= 15 is 0 Å². The molecule has 2 aromatic heterocycles. The van der Waals surface area contributed by atoms with Gasteiger partial charge in [-0.25, -0.2) is 21.8 Å². The monoisotopic (exact) mass is 533 g/mol. The molecule has 30 heavy (non-hydrogen) atoms. The van der Waals surface area contributed by atoms with Gasteiger partial charge in [0.25, 0.3) is 10.0 Å². The number of aromatic nitrogens is 2. The first-order chi connectivity index (χ1) is 14.3. The van der Waals surface area contributed by atoms with E-state index < -0.39 is 10.0 Å². The Morgan fingerprint density at radius 1 is 1.07 bits per heavy atom. The molecule has 0 radical (unpaired) electrons. The molecule has 1 aliphatic rings. The first kappa shape index (κ1) is 19.5. The zero-order valence-electron chi connectivity index (χ0n) is 16.2. The molecule has 0 aliphatic carbocycles. The molecule has 0 unspecified atom stereocenters. The zero-order chi connectivity index (χ0) is 21.2. The third kappa shape index (κ3) is 2.77. The first-order valence-electron chi connectivity index (χ1n) is 9.30. The van der Waals surface area contributed by atoms with Gasteiger partial charge in [0.15, 0.2) is 5.65 Å². The molecule has 0 fully saturated rings. The number of pyridine rings is 1. The van der Waals surface area contributed by atoms with E-state index in [0.29, 0.717) is 15.9 Å². The molecular formula is C22H17FIN3O2S. The lowest BCUT2D eigenvalue weighted by molar-refractivity contribution is 0.587. The van der Waals surface area contributed by atoms with Crippen LogP contribution in [0.4, 0.5) is 10.1 Å². The van der Waals surface area contributed by atoms with E-state index in [1.807, 2.05) is 24.9 Å². The van der Waals surface area contributed by atoms with Crippen molar-refractivity contribution in [3.8, 4) is 11.1 Å². The zero-order valence-corrected chi connectivity index (χ0v) is 19.2. The van der Waals surface area contributed by atoms with Gasteiger partial charge in [-0.2, -0.15) is 0 Å². The standard InChI is InChI=1S/C22H17FIN3O2S/c1-13-3-6-15(7-4-13)30(28,29)27-21(24)18-12-26(2)19-8-5-14(23)11-17(19)16-9-10-25-22(27)20(16)18/h3-11H,12H2,1-2H3. The highest BCUT2D eigenvalue weighted by Gasteiger charge is 2.31. The predicted octanol–water partition coefficient (Wildman–Crippen LogP) is 4.94. The van der Waals surface area contributed by atoms with Crippen LogP contribution in [0.15, 0.2) is 59.6 Å². The minimum Gasteiger partial charge on any atom is -0.370 e. The summed E-state index contributed by atoms with van der Waals surface area (Å²) in [4.78, 5) is 6.66. The summed E-state index contributed by atoms with van der Waals surface area (Å²) in [7, 11) is -1.93. The second-order valence-corrected chi connectivity index (χ2v) is 10.2. The average Bonchev–Trinajstić information content (AvgIpc) is 2.92. The highest BCUT2D eigenvalue weighted by Crippen LogP contribution is 2.43. The minimum absolute atomic E-state index is 0.207. The van der Waals surface area contributed by atoms with Crippen molar-refractivity contribution in [2.75, 3.05) is 11.9 Å².